The molecule has 0 aromatic carbocycles. The van der Waals surface area contributed by atoms with Gasteiger partial charge in [-0.25, -0.2) is 0 Å². The first-order valence-corrected chi connectivity index (χ1v) is 9.51. The largest absolute Gasteiger partial charge is 0.389 e. The first kappa shape index (κ1) is 20.0. The molecule has 2 N–H and O–H groups in total. The third kappa shape index (κ3) is 11.8. The number of ether oxygens (including phenoxy) is 1. The molecule has 0 saturated heterocycles. The summed E-state index contributed by atoms with van der Waals surface area (Å²) in [6, 6.07) is 0.156. The van der Waals surface area contributed by atoms with Gasteiger partial charge in [0.05, 0.1) is 12.7 Å². The van der Waals surface area contributed by atoms with Gasteiger partial charge in [-0.15, -0.1) is 0 Å². The van der Waals surface area contributed by atoms with Crippen LogP contribution in [0.2, 0.25) is 0 Å². The lowest BCUT2D eigenvalue weighted by atomic mass is 10.0. The predicted molar refractivity (Wildman–Crippen MR) is 86.5 cm³/mol. The first-order chi connectivity index (χ1) is 9.49. The molecule has 0 heterocycles. The second-order valence-corrected chi connectivity index (χ2v) is 7.14. The summed E-state index contributed by atoms with van der Waals surface area (Å²) in [5, 5.41) is 13.0. The molecule has 4 atom stereocenters. The summed E-state index contributed by atoms with van der Waals surface area (Å²) in [6.45, 7) is 7.97. The van der Waals surface area contributed by atoms with Gasteiger partial charge in [0.1, 0.15) is 0 Å². The Morgan fingerprint density at radius 2 is 2.00 bits per heavy atom. The highest BCUT2D eigenvalue weighted by Gasteiger charge is 2.10. The SMILES string of the molecule is CCCCC(CC)COCC(O)CNC(C)CS(C)=O. The molecule has 0 bridgehead atoms. The quantitative estimate of drug-likeness (QED) is 0.546. The first-order valence-electron chi connectivity index (χ1n) is 7.78. The minimum Gasteiger partial charge on any atom is -0.389 e. The lowest BCUT2D eigenvalue weighted by molar-refractivity contribution is 0.0187. The van der Waals surface area contributed by atoms with Gasteiger partial charge in [0.15, 0.2) is 0 Å². The van der Waals surface area contributed by atoms with Crippen LogP contribution in [0.3, 0.4) is 0 Å². The number of unbranched alkanes of at least 4 members (excludes halogenated alkanes) is 1. The molecule has 0 fully saturated rings. The Bertz CT molecular complexity index is 251. The molecule has 4 nitrogen and oxygen atoms in total. The second kappa shape index (κ2) is 12.7. The van der Waals surface area contributed by atoms with Crippen molar-refractivity contribution in [1.29, 1.82) is 0 Å². The summed E-state index contributed by atoms with van der Waals surface area (Å²) in [4.78, 5) is 0. The van der Waals surface area contributed by atoms with Crippen LogP contribution in [-0.2, 0) is 15.5 Å². The highest BCUT2D eigenvalue weighted by Crippen LogP contribution is 2.12. The van der Waals surface area contributed by atoms with Crippen LogP contribution >= 0.6 is 0 Å². The van der Waals surface area contributed by atoms with Crippen molar-refractivity contribution < 1.29 is 14.1 Å². The van der Waals surface area contributed by atoms with E-state index < -0.39 is 16.9 Å². The van der Waals surface area contributed by atoms with E-state index in [1.54, 1.807) is 6.26 Å². The molecule has 4 unspecified atom stereocenters. The van der Waals surface area contributed by atoms with Gasteiger partial charge in [-0.2, -0.15) is 0 Å². The minimum absolute atomic E-state index is 0.156. The Kier molecular flexibility index (Phi) is 12.8. The zero-order valence-corrected chi connectivity index (χ0v) is 14.4. The Morgan fingerprint density at radius 1 is 1.30 bits per heavy atom. The molecule has 0 spiro atoms. The van der Waals surface area contributed by atoms with Crippen molar-refractivity contribution in [3.8, 4) is 0 Å². The van der Waals surface area contributed by atoms with Crippen LogP contribution in [0.15, 0.2) is 0 Å². The average Bonchev–Trinajstić information content (AvgIpc) is 2.39. The van der Waals surface area contributed by atoms with Crippen LogP contribution in [0.25, 0.3) is 0 Å². The number of nitrogens with one attached hydrogen (secondary N) is 1. The molecular formula is C15H33NO3S. The Labute approximate surface area is 127 Å². The molecule has 0 amide bonds. The summed E-state index contributed by atoms with van der Waals surface area (Å²) in [5.41, 5.74) is 0. The molecule has 0 aliphatic heterocycles. The average molecular weight is 308 g/mol. The van der Waals surface area contributed by atoms with Crippen LogP contribution in [0.4, 0.5) is 0 Å². The summed E-state index contributed by atoms with van der Waals surface area (Å²) in [5.74, 6) is 1.22. The second-order valence-electron chi connectivity index (χ2n) is 5.66. The van der Waals surface area contributed by atoms with Crippen LogP contribution in [-0.4, -0.2) is 53.2 Å². The summed E-state index contributed by atoms with van der Waals surface area (Å²) in [6.07, 6.45) is 6.01. The van der Waals surface area contributed by atoms with Crippen LogP contribution in [0, 0.1) is 5.92 Å². The van der Waals surface area contributed by atoms with E-state index in [2.05, 4.69) is 19.2 Å². The van der Waals surface area contributed by atoms with Crippen molar-refractivity contribution in [2.24, 2.45) is 5.92 Å². The molecule has 0 aliphatic carbocycles. The lowest BCUT2D eigenvalue weighted by Crippen LogP contribution is -2.38. The maximum atomic E-state index is 11.0. The van der Waals surface area contributed by atoms with E-state index in [4.69, 9.17) is 4.74 Å². The number of rotatable bonds is 13. The third-order valence-corrected chi connectivity index (χ3v) is 4.36. The summed E-state index contributed by atoms with van der Waals surface area (Å²) < 4.78 is 16.7. The highest BCUT2D eigenvalue weighted by molar-refractivity contribution is 7.84. The maximum Gasteiger partial charge on any atom is 0.0897 e. The van der Waals surface area contributed by atoms with E-state index in [0.29, 0.717) is 24.8 Å². The fraction of sp³-hybridized carbons (Fsp3) is 1.00. The molecule has 0 aromatic heterocycles. The summed E-state index contributed by atoms with van der Waals surface area (Å²) in [7, 11) is -0.802. The van der Waals surface area contributed by atoms with Gasteiger partial charge in [0, 0.05) is 42.0 Å². The molecule has 20 heavy (non-hydrogen) atoms. The lowest BCUT2D eigenvalue weighted by Gasteiger charge is -2.18. The molecule has 122 valence electrons. The fourth-order valence-electron chi connectivity index (χ4n) is 2.08. The van der Waals surface area contributed by atoms with Gasteiger partial charge in [0.2, 0.25) is 0 Å². The van der Waals surface area contributed by atoms with E-state index in [0.717, 1.165) is 13.0 Å². The Hall–Kier alpha value is 0.0300. The van der Waals surface area contributed by atoms with Crippen LogP contribution in [0.5, 0.6) is 0 Å². The maximum absolute atomic E-state index is 11.0. The van der Waals surface area contributed by atoms with Gasteiger partial charge in [-0.1, -0.05) is 33.1 Å². The monoisotopic (exact) mass is 307 g/mol. The van der Waals surface area contributed by atoms with Gasteiger partial charge in [-0.05, 0) is 19.3 Å². The van der Waals surface area contributed by atoms with E-state index >= 15 is 0 Å². The Morgan fingerprint density at radius 3 is 2.55 bits per heavy atom. The topological polar surface area (TPSA) is 58.6 Å². The fourth-order valence-corrected chi connectivity index (χ4v) is 2.90. The van der Waals surface area contributed by atoms with Gasteiger partial charge in [0.25, 0.3) is 0 Å². The number of aliphatic hydroxyl groups excluding tert-OH is 1. The van der Waals surface area contributed by atoms with Crippen molar-refractivity contribution in [1.82, 2.24) is 5.32 Å². The molecule has 0 saturated carbocycles. The van der Waals surface area contributed by atoms with Gasteiger partial charge >= 0.3 is 0 Å². The van der Waals surface area contributed by atoms with Crippen LogP contribution in [0.1, 0.15) is 46.5 Å². The predicted octanol–water partition coefficient (Wildman–Crippen LogP) is 1.94. The number of aliphatic hydroxyl groups is 1. The minimum atomic E-state index is -0.802. The number of hydrogen-bond acceptors (Lipinski definition) is 4. The van der Waals surface area contributed by atoms with E-state index in [1.165, 1.54) is 19.3 Å². The molecule has 0 rings (SSSR count). The summed E-state index contributed by atoms with van der Waals surface area (Å²) >= 11 is 0. The molecule has 5 heteroatoms. The standard InChI is InChI=1S/C15H33NO3S/c1-5-7-8-14(6-2)10-19-11-15(17)9-16-13(3)12-20(4)18/h13-17H,5-12H2,1-4H3. The van der Waals surface area contributed by atoms with Gasteiger partial charge in [-0.3, -0.25) is 4.21 Å². The molecule has 0 radical (unpaired) electrons. The molecule has 0 aliphatic rings. The van der Waals surface area contributed by atoms with E-state index in [-0.39, 0.29) is 6.04 Å². The molecule has 0 aromatic rings. The van der Waals surface area contributed by atoms with E-state index in [9.17, 15) is 9.32 Å². The third-order valence-electron chi connectivity index (χ3n) is 3.39. The van der Waals surface area contributed by atoms with Crippen molar-refractivity contribution in [3.05, 3.63) is 0 Å². The smallest absolute Gasteiger partial charge is 0.0897 e. The van der Waals surface area contributed by atoms with Crippen molar-refractivity contribution >= 4 is 10.8 Å². The van der Waals surface area contributed by atoms with Gasteiger partial charge < -0.3 is 15.2 Å². The van der Waals surface area contributed by atoms with Crippen molar-refractivity contribution in [3.63, 3.8) is 0 Å². The molecular weight excluding hydrogens is 274 g/mol. The Balaban J connectivity index is 3.65. The van der Waals surface area contributed by atoms with E-state index in [1.807, 2.05) is 6.92 Å². The normalized spacial score (nSPS) is 17.6. The van der Waals surface area contributed by atoms with Crippen molar-refractivity contribution in [2.75, 3.05) is 31.8 Å². The van der Waals surface area contributed by atoms with Crippen LogP contribution < -0.4 is 5.32 Å². The number of hydrogen-bond donors (Lipinski definition) is 2. The zero-order chi connectivity index (χ0) is 15.4. The highest BCUT2D eigenvalue weighted by atomic mass is 32.2. The van der Waals surface area contributed by atoms with Crippen molar-refractivity contribution in [2.45, 2.75) is 58.6 Å². The zero-order valence-electron chi connectivity index (χ0n) is 13.6.